The van der Waals surface area contributed by atoms with Crippen LogP contribution in [-0.2, 0) is 11.3 Å². The fraction of sp³-hybridized carbons (Fsp3) is 0.312. The van der Waals surface area contributed by atoms with Crippen LogP contribution in [0.5, 0.6) is 0 Å². The average molecular weight is 271 g/mol. The van der Waals surface area contributed by atoms with Gasteiger partial charge in [0.05, 0.1) is 0 Å². The molecule has 20 heavy (non-hydrogen) atoms. The monoisotopic (exact) mass is 271 g/mol. The molecule has 1 aromatic carbocycles. The smallest absolute Gasteiger partial charge is 0.244 e. The predicted octanol–water partition coefficient (Wildman–Crippen LogP) is 2.93. The van der Waals surface area contributed by atoms with Gasteiger partial charge in [0.25, 0.3) is 0 Å². The van der Waals surface area contributed by atoms with E-state index in [-0.39, 0.29) is 11.9 Å². The van der Waals surface area contributed by atoms with Crippen molar-refractivity contribution < 1.29 is 4.79 Å². The molecule has 0 bridgehead atoms. The van der Waals surface area contributed by atoms with Gasteiger partial charge in [-0.2, -0.15) is 0 Å². The number of rotatable bonds is 6. The summed E-state index contributed by atoms with van der Waals surface area (Å²) in [5.41, 5.74) is 7.95. The van der Waals surface area contributed by atoms with Crippen LogP contribution < -0.4 is 11.1 Å². The Morgan fingerprint density at radius 3 is 2.75 bits per heavy atom. The van der Waals surface area contributed by atoms with Gasteiger partial charge in [-0.05, 0) is 30.2 Å². The molecule has 1 atom stereocenters. The highest BCUT2D eigenvalue weighted by molar-refractivity contribution is 5.90. The van der Waals surface area contributed by atoms with Crippen LogP contribution >= 0.6 is 0 Å². The van der Waals surface area contributed by atoms with Crippen LogP contribution in [0.1, 0.15) is 31.4 Å². The standard InChI is InChI=1S/C16H21N3O/c1-2-6-15(17)13-9-10-19(11-13)12-16(20)18-14-7-4-3-5-8-14/h3-5,7-11,15H,2,6,12,17H2,1H3,(H,18,20). The molecule has 1 amide bonds. The Bertz CT molecular complexity index is 548. The van der Waals surface area contributed by atoms with Crippen LogP contribution in [0, 0.1) is 0 Å². The fourth-order valence-corrected chi connectivity index (χ4v) is 2.14. The van der Waals surface area contributed by atoms with Crippen molar-refractivity contribution in [3.63, 3.8) is 0 Å². The van der Waals surface area contributed by atoms with E-state index in [9.17, 15) is 4.79 Å². The number of carbonyl (C=O) groups is 1. The lowest BCUT2D eigenvalue weighted by molar-refractivity contribution is -0.116. The topological polar surface area (TPSA) is 60.0 Å². The van der Waals surface area contributed by atoms with Gasteiger partial charge in [0.1, 0.15) is 6.54 Å². The van der Waals surface area contributed by atoms with Crippen molar-refractivity contribution in [2.24, 2.45) is 5.73 Å². The first kappa shape index (κ1) is 14.3. The Labute approximate surface area is 119 Å². The number of amides is 1. The van der Waals surface area contributed by atoms with Gasteiger partial charge < -0.3 is 15.6 Å². The number of nitrogens with two attached hydrogens (primary N) is 1. The summed E-state index contributed by atoms with van der Waals surface area (Å²) >= 11 is 0. The van der Waals surface area contributed by atoms with E-state index in [2.05, 4.69) is 12.2 Å². The molecule has 1 heterocycles. The van der Waals surface area contributed by atoms with Crippen LogP contribution in [0.2, 0.25) is 0 Å². The molecule has 3 N–H and O–H groups in total. The van der Waals surface area contributed by atoms with Crippen molar-refractivity contribution in [2.45, 2.75) is 32.4 Å². The molecule has 0 aliphatic heterocycles. The molecular formula is C16H21N3O. The zero-order valence-corrected chi connectivity index (χ0v) is 11.8. The van der Waals surface area contributed by atoms with Gasteiger partial charge in [-0.15, -0.1) is 0 Å². The van der Waals surface area contributed by atoms with Crippen molar-refractivity contribution in [1.82, 2.24) is 4.57 Å². The number of anilines is 1. The van der Waals surface area contributed by atoms with Crippen LogP contribution in [0.15, 0.2) is 48.8 Å². The van der Waals surface area contributed by atoms with E-state index < -0.39 is 0 Å². The van der Waals surface area contributed by atoms with Crippen molar-refractivity contribution >= 4 is 11.6 Å². The van der Waals surface area contributed by atoms with Crippen LogP contribution in [0.25, 0.3) is 0 Å². The van der Waals surface area contributed by atoms with Crippen LogP contribution in [-0.4, -0.2) is 10.5 Å². The first-order chi connectivity index (χ1) is 9.69. The molecule has 1 unspecified atom stereocenters. The van der Waals surface area contributed by atoms with Gasteiger partial charge in [-0.3, -0.25) is 4.79 Å². The van der Waals surface area contributed by atoms with E-state index in [1.807, 2.05) is 53.4 Å². The zero-order chi connectivity index (χ0) is 14.4. The summed E-state index contributed by atoms with van der Waals surface area (Å²) in [4.78, 5) is 11.9. The molecule has 4 nitrogen and oxygen atoms in total. The number of carbonyl (C=O) groups excluding carboxylic acids is 1. The summed E-state index contributed by atoms with van der Waals surface area (Å²) in [6, 6.07) is 11.5. The van der Waals surface area contributed by atoms with E-state index in [1.165, 1.54) is 0 Å². The van der Waals surface area contributed by atoms with E-state index in [0.717, 1.165) is 24.1 Å². The highest BCUT2D eigenvalue weighted by Crippen LogP contribution is 2.16. The van der Waals surface area contributed by atoms with Crippen molar-refractivity contribution in [1.29, 1.82) is 0 Å². The Morgan fingerprint density at radius 2 is 2.05 bits per heavy atom. The molecule has 0 saturated heterocycles. The number of nitrogens with zero attached hydrogens (tertiary/aromatic N) is 1. The van der Waals surface area contributed by atoms with Crippen molar-refractivity contribution in [3.05, 3.63) is 54.4 Å². The molecule has 0 saturated carbocycles. The Kier molecular flexibility index (Phi) is 4.96. The number of hydrogen-bond acceptors (Lipinski definition) is 2. The lowest BCUT2D eigenvalue weighted by atomic mass is 10.1. The average Bonchev–Trinajstić information content (AvgIpc) is 2.88. The molecular weight excluding hydrogens is 250 g/mol. The maximum absolute atomic E-state index is 11.9. The SMILES string of the molecule is CCCC(N)c1ccn(CC(=O)Nc2ccccc2)c1. The molecule has 2 aromatic rings. The third kappa shape index (κ3) is 3.96. The van der Waals surface area contributed by atoms with Crippen molar-refractivity contribution in [2.75, 3.05) is 5.32 Å². The second-order valence-electron chi connectivity index (χ2n) is 4.93. The van der Waals surface area contributed by atoms with Crippen LogP contribution in [0.4, 0.5) is 5.69 Å². The predicted molar refractivity (Wildman–Crippen MR) is 81.3 cm³/mol. The maximum Gasteiger partial charge on any atom is 0.244 e. The number of nitrogens with one attached hydrogen (secondary N) is 1. The molecule has 0 radical (unpaired) electrons. The second-order valence-corrected chi connectivity index (χ2v) is 4.93. The fourth-order valence-electron chi connectivity index (χ4n) is 2.14. The maximum atomic E-state index is 11.9. The third-order valence-corrected chi connectivity index (χ3v) is 3.18. The first-order valence-corrected chi connectivity index (χ1v) is 6.95. The van der Waals surface area contributed by atoms with Gasteiger partial charge in [0, 0.05) is 24.1 Å². The minimum absolute atomic E-state index is 0.0394. The van der Waals surface area contributed by atoms with E-state index in [0.29, 0.717) is 6.54 Å². The van der Waals surface area contributed by atoms with Gasteiger partial charge in [-0.1, -0.05) is 31.5 Å². The summed E-state index contributed by atoms with van der Waals surface area (Å²) < 4.78 is 1.86. The normalized spacial score (nSPS) is 12.1. The molecule has 0 aliphatic carbocycles. The van der Waals surface area contributed by atoms with Crippen molar-refractivity contribution in [3.8, 4) is 0 Å². The Morgan fingerprint density at radius 1 is 1.30 bits per heavy atom. The minimum Gasteiger partial charge on any atom is -0.345 e. The molecule has 4 heteroatoms. The lowest BCUT2D eigenvalue weighted by Gasteiger charge is -2.08. The molecule has 0 fully saturated rings. The van der Waals surface area contributed by atoms with Gasteiger partial charge in [0.2, 0.25) is 5.91 Å². The summed E-state index contributed by atoms with van der Waals surface area (Å²) in [7, 11) is 0. The minimum atomic E-state index is -0.0394. The van der Waals surface area contributed by atoms with Gasteiger partial charge in [-0.25, -0.2) is 0 Å². The molecule has 106 valence electrons. The highest BCUT2D eigenvalue weighted by atomic mass is 16.1. The first-order valence-electron chi connectivity index (χ1n) is 6.95. The molecule has 1 aromatic heterocycles. The number of hydrogen-bond donors (Lipinski definition) is 2. The molecule has 0 spiro atoms. The highest BCUT2D eigenvalue weighted by Gasteiger charge is 2.08. The quantitative estimate of drug-likeness (QED) is 0.848. The Balaban J connectivity index is 1.92. The summed E-state index contributed by atoms with van der Waals surface area (Å²) in [6.45, 7) is 2.41. The van der Waals surface area contributed by atoms with E-state index in [1.54, 1.807) is 0 Å². The molecule has 2 rings (SSSR count). The largest absolute Gasteiger partial charge is 0.345 e. The summed E-state index contributed by atoms with van der Waals surface area (Å²) in [6.07, 6.45) is 5.86. The second kappa shape index (κ2) is 6.91. The van der Waals surface area contributed by atoms with Gasteiger partial charge in [0.15, 0.2) is 0 Å². The number of para-hydroxylation sites is 1. The summed E-state index contributed by atoms with van der Waals surface area (Å²) in [5.74, 6) is -0.0394. The Hall–Kier alpha value is -2.07. The third-order valence-electron chi connectivity index (χ3n) is 3.18. The number of benzene rings is 1. The number of aromatic nitrogens is 1. The zero-order valence-electron chi connectivity index (χ0n) is 11.8. The summed E-state index contributed by atoms with van der Waals surface area (Å²) in [5, 5.41) is 2.86. The van der Waals surface area contributed by atoms with E-state index >= 15 is 0 Å². The van der Waals surface area contributed by atoms with Crippen LogP contribution in [0.3, 0.4) is 0 Å². The molecule has 0 aliphatic rings. The van der Waals surface area contributed by atoms with Gasteiger partial charge >= 0.3 is 0 Å². The lowest BCUT2D eigenvalue weighted by Crippen LogP contribution is -2.18. The van der Waals surface area contributed by atoms with E-state index in [4.69, 9.17) is 5.73 Å².